The summed E-state index contributed by atoms with van der Waals surface area (Å²) in [5, 5.41) is 9.10. The van der Waals surface area contributed by atoms with Crippen LogP contribution in [0.25, 0.3) is 0 Å². The number of aliphatic carboxylic acids is 1. The van der Waals surface area contributed by atoms with Crippen LogP contribution in [0.2, 0.25) is 0 Å². The van der Waals surface area contributed by atoms with Gasteiger partial charge in [-0.05, 0) is 63.2 Å². The highest BCUT2D eigenvalue weighted by molar-refractivity contribution is 5.86. The monoisotopic (exact) mass is 330 g/mol. The summed E-state index contributed by atoms with van der Waals surface area (Å²) in [6, 6.07) is 0. The predicted octanol–water partition coefficient (Wildman–Crippen LogP) is 6.32. The van der Waals surface area contributed by atoms with E-state index in [1.165, 1.54) is 5.57 Å². The molecule has 2 atom stereocenters. The Bertz CT molecular complexity index is 506. The van der Waals surface area contributed by atoms with Crippen molar-refractivity contribution in [3.05, 3.63) is 47.6 Å². The lowest BCUT2D eigenvalue weighted by molar-refractivity contribution is -0.132. The molecule has 1 rings (SSSR count). The second kappa shape index (κ2) is 11.1. The van der Waals surface area contributed by atoms with Crippen LogP contribution in [0.4, 0.5) is 0 Å². The number of hydrogen-bond acceptors (Lipinski definition) is 1. The molecule has 0 aromatic rings. The van der Waals surface area contributed by atoms with E-state index in [9.17, 15) is 4.79 Å². The summed E-state index contributed by atoms with van der Waals surface area (Å²) in [6.45, 7) is 8.83. The van der Waals surface area contributed by atoms with Crippen molar-refractivity contribution in [2.75, 3.05) is 0 Å². The lowest BCUT2D eigenvalue weighted by atomic mass is 9.86. The van der Waals surface area contributed by atoms with E-state index < -0.39 is 5.97 Å². The van der Waals surface area contributed by atoms with E-state index in [1.807, 2.05) is 6.08 Å². The third-order valence-electron chi connectivity index (χ3n) is 4.48. The molecule has 0 aromatic carbocycles. The van der Waals surface area contributed by atoms with Gasteiger partial charge in [0.1, 0.15) is 0 Å². The molecule has 0 saturated carbocycles. The molecule has 2 nitrogen and oxygen atoms in total. The fourth-order valence-electron chi connectivity index (χ4n) is 2.93. The first-order valence-corrected chi connectivity index (χ1v) is 9.33. The Morgan fingerprint density at radius 2 is 2.08 bits per heavy atom. The Balaban J connectivity index is 2.39. The molecule has 0 amide bonds. The summed E-state index contributed by atoms with van der Waals surface area (Å²) < 4.78 is 0. The van der Waals surface area contributed by atoms with Crippen molar-refractivity contribution in [1.82, 2.24) is 0 Å². The van der Waals surface area contributed by atoms with Crippen molar-refractivity contribution in [2.24, 2.45) is 17.8 Å². The molecule has 1 N–H and O–H groups in total. The zero-order chi connectivity index (χ0) is 17.9. The quantitative estimate of drug-likeness (QED) is 0.397. The third-order valence-corrected chi connectivity index (χ3v) is 4.48. The number of carboxylic acids is 1. The zero-order valence-electron chi connectivity index (χ0n) is 15.8. The van der Waals surface area contributed by atoms with Crippen molar-refractivity contribution in [3.8, 4) is 0 Å². The van der Waals surface area contributed by atoms with Gasteiger partial charge in [0, 0.05) is 5.57 Å². The number of hydrogen-bond donors (Lipinski definition) is 1. The van der Waals surface area contributed by atoms with Crippen molar-refractivity contribution in [3.63, 3.8) is 0 Å². The second-order valence-corrected chi connectivity index (χ2v) is 7.50. The third kappa shape index (κ3) is 8.90. The number of allylic oxidation sites excluding steroid dienone is 7. The largest absolute Gasteiger partial charge is 0.478 e. The van der Waals surface area contributed by atoms with Gasteiger partial charge in [-0.3, -0.25) is 0 Å². The fourth-order valence-corrected chi connectivity index (χ4v) is 2.93. The second-order valence-electron chi connectivity index (χ2n) is 7.50. The van der Waals surface area contributed by atoms with Crippen LogP contribution in [-0.2, 0) is 4.79 Å². The molecule has 2 heteroatoms. The van der Waals surface area contributed by atoms with Crippen LogP contribution in [0, 0.1) is 17.8 Å². The Morgan fingerprint density at radius 1 is 1.33 bits per heavy atom. The molecule has 0 bridgehead atoms. The van der Waals surface area contributed by atoms with E-state index in [1.54, 1.807) is 0 Å². The van der Waals surface area contributed by atoms with Gasteiger partial charge in [-0.15, -0.1) is 0 Å². The molecule has 0 heterocycles. The summed E-state index contributed by atoms with van der Waals surface area (Å²) in [7, 11) is 0. The fraction of sp³-hybridized carbons (Fsp3) is 0.591. The summed E-state index contributed by atoms with van der Waals surface area (Å²) >= 11 is 0. The lowest BCUT2D eigenvalue weighted by Gasteiger charge is -2.19. The minimum absolute atomic E-state index is 0.426. The maximum absolute atomic E-state index is 11.1. The first kappa shape index (κ1) is 20.5. The average molecular weight is 331 g/mol. The molecule has 0 unspecified atom stereocenters. The molecule has 1 aliphatic carbocycles. The van der Waals surface area contributed by atoms with Crippen LogP contribution in [-0.4, -0.2) is 11.1 Å². The van der Waals surface area contributed by atoms with Gasteiger partial charge in [0.05, 0.1) is 0 Å². The highest BCUT2D eigenvalue weighted by Crippen LogP contribution is 2.27. The highest BCUT2D eigenvalue weighted by atomic mass is 16.4. The van der Waals surface area contributed by atoms with Crippen LogP contribution >= 0.6 is 0 Å². The molecular formula is C22H34O2. The van der Waals surface area contributed by atoms with Gasteiger partial charge < -0.3 is 5.11 Å². The summed E-state index contributed by atoms with van der Waals surface area (Å²) in [5.74, 6) is 0.867. The normalized spacial score (nSPS) is 20.8. The zero-order valence-corrected chi connectivity index (χ0v) is 15.8. The number of carbonyl (C=O) groups is 1. The van der Waals surface area contributed by atoms with Crippen molar-refractivity contribution in [2.45, 2.75) is 66.2 Å². The van der Waals surface area contributed by atoms with Crippen LogP contribution in [0.3, 0.4) is 0 Å². The van der Waals surface area contributed by atoms with E-state index >= 15 is 0 Å². The average Bonchev–Trinajstić information content (AvgIpc) is 2.53. The number of carboxylic acid groups (broad SMARTS) is 1. The Kier molecular flexibility index (Phi) is 9.44. The minimum atomic E-state index is -0.741. The number of rotatable bonds is 9. The van der Waals surface area contributed by atoms with Gasteiger partial charge in [0.25, 0.3) is 0 Å². The Labute approximate surface area is 148 Å². The van der Waals surface area contributed by atoms with Gasteiger partial charge in [-0.2, -0.15) is 0 Å². The van der Waals surface area contributed by atoms with E-state index in [2.05, 4.69) is 58.1 Å². The summed E-state index contributed by atoms with van der Waals surface area (Å²) in [5.41, 5.74) is 1.97. The molecule has 134 valence electrons. The van der Waals surface area contributed by atoms with Gasteiger partial charge in [-0.1, -0.05) is 62.8 Å². The highest BCUT2D eigenvalue weighted by Gasteiger charge is 2.17. The van der Waals surface area contributed by atoms with Gasteiger partial charge >= 0.3 is 5.97 Å². The van der Waals surface area contributed by atoms with E-state index in [0.29, 0.717) is 17.4 Å². The topological polar surface area (TPSA) is 37.3 Å². The SMILES string of the molecule is C/C(=C\C=C\[C@H](C)/C=C\CC(C)C)CC[C@H]1C=C(C(=O)O)CCC1. The van der Waals surface area contributed by atoms with Crippen molar-refractivity contribution in [1.29, 1.82) is 0 Å². The Hall–Kier alpha value is -1.57. The van der Waals surface area contributed by atoms with Crippen LogP contribution in [0.1, 0.15) is 66.2 Å². The summed E-state index contributed by atoms with van der Waals surface area (Å²) in [4.78, 5) is 11.1. The molecule has 1 aliphatic rings. The first-order valence-electron chi connectivity index (χ1n) is 9.33. The van der Waals surface area contributed by atoms with Crippen molar-refractivity contribution < 1.29 is 9.90 Å². The first-order chi connectivity index (χ1) is 11.4. The van der Waals surface area contributed by atoms with Crippen LogP contribution in [0.15, 0.2) is 47.6 Å². The molecule has 0 saturated heterocycles. The molecule has 0 aliphatic heterocycles. The van der Waals surface area contributed by atoms with Gasteiger partial charge in [-0.25, -0.2) is 4.79 Å². The standard InChI is InChI=1S/C22H34O2/c1-17(2)8-5-9-18(3)10-6-11-19(4)14-15-20-12-7-13-21(16-20)22(23)24/h5-6,9-11,16-18,20H,7-8,12-15H2,1-4H3,(H,23,24)/b9-5-,10-6+,19-11+/t18-,20+/m1/s1. The summed E-state index contributed by atoms with van der Waals surface area (Å²) in [6.07, 6.45) is 19.2. The Morgan fingerprint density at radius 3 is 2.75 bits per heavy atom. The maximum Gasteiger partial charge on any atom is 0.331 e. The van der Waals surface area contributed by atoms with E-state index in [-0.39, 0.29) is 0 Å². The predicted molar refractivity (Wildman–Crippen MR) is 103 cm³/mol. The van der Waals surface area contributed by atoms with E-state index in [0.717, 1.165) is 44.4 Å². The van der Waals surface area contributed by atoms with Gasteiger partial charge in [0.2, 0.25) is 0 Å². The molecule has 0 aromatic heterocycles. The maximum atomic E-state index is 11.1. The molecule has 0 spiro atoms. The molecule has 24 heavy (non-hydrogen) atoms. The molecular weight excluding hydrogens is 296 g/mol. The van der Waals surface area contributed by atoms with E-state index in [4.69, 9.17) is 5.11 Å². The van der Waals surface area contributed by atoms with Crippen LogP contribution in [0.5, 0.6) is 0 Å². The molecule has 0 radical (unpaired) electrons. The van der Waals surface area contributed by atoms with Crippen LogP contribution < -0.4 is 0 Å². The lowest BCUT2D eigenvalue weighted by Crippen LogP contribution is -2.10. The minimum Gasteiger partial charge on any atom is -0.478 e. The van der Waals surface area contributed by atoms with Gasteiger partial charge in [0.15, 0.2) is 0 Å². The smallest absolute Gasteiger partial charge is 0.331 e. The molecule has 0 fully saturated rings. The van der Waals surface area contributed by atoms with Crippen molar-refractivity contribution >= 4 is 5.97 Å².